The molecular formula is C15H21FN2. The second-order valence-electron chi connectivity index (χ2n) is 5.26. The van der Waals surface area contributed by atoms with Gasteiger partial charge in [0.05, 0.1) is 12.0 Å². The summed E-state index contributed by atoms with van der Waals surface area (Å²) in [6.45, 7) is 7.72. The Bertz CT molecular complexity index is 403. The van der Waals surface area contributed by atoms with Crippen molar-refractivity contribution in [2.75, 3.05) is 13.1 Å². The van der Waals surface area contributed by atoms with E-state index < -0.39 is 0 Å². The number of nitrogens with zero attached hydrogens (tertiary/aromatic N) is 1. The Balaban J connectivity index is 2.54. The summed E-state index contributed by atoms with van der Waals surface area (Å²) in [5, 5.41) is 12.2. The molecule has 18 heavy (non-hydrogen) atoms. The molecule has 0 aliphatic carbocycles. The van der Waals surface area contributed by atoms with Crippen molar-refractivity contribution in [3.05, 3.63) is 35.6 Å². The first-order chi connectivity index (χ1) is 8.49. The average Bonchev–Trinajstić information content (AvgIpc) is 2.35. The fourth-order valence-corrected chi connectivity index (χ4v) is 1.84. The van der Waals surface area contributed by atoms with Gasteiger partial charge in [-0.3, -0.25) is 0 Å². The molecule has 3 heteroatoms. The van der Waals surface area contributed by atoms with Gasteiger partial charge in [0, 0.05) is 18.5 Å². The summed E-state index contributed by atoms with van der Waals surface area (Å²) in [7, 11) is 0. The molecule has 0 fully saturated rings. The van der Waals surface area contributed by atoms with Crippen LogP contribution in [0.1, 0.15) is 32.8 Å². The van der Waals surface area contributed by atoms with Crippen LogP contribution in [0.25, 0.3) is 0 Å². The van der Waals surface area contributed by atoms with Gasteiger partial charge in [-0.25, -0.2) is 4.39 Å². The topological polar surface area (TPSA) is 35.8 Å². The van der Waals surface area contributed by atoms with E-state index in [0.717, 1.165) is 18.5 Å². The number of rotatable bonds is 6. The van der Waals surface area contributed by atoms with Crippen LogP contribution in [0.3, 0.4) is 0 Å². The summed E-state index contributed by atoms with van der Waals surface area (Å²) in [6.07, 6.45) is 0.862. The van der Waals surface area contributed by atoms with Crippen molar-refractivity contribution < 1.29 is 4.39 Å². The van der Waals surface area contributed by atoms with E-state index in [2.05, 4.69) is 25.2 Å². The lowest BCUT2D eigenvalue weighted by Gasteiger charge is -2.26. The van der Waals surface area contributed by atoms with Crippen molar-refractivity contribution in [3.63, 3.8) is 0 Å². The van der Waals surface area contributed by atoms with Crippen LogP contribution in [0, 0.1) is 23.1 Å². The molecule has 1 atom stereocenters. The molecule has 0 saturated heterocycles. The molecule has 98 valence electrons. The van der Waals surface area contributed by atoms with Crippen LogP contribution in [0.5, 0.6) is 0 Å². The van der Waals surface area contributed by atoms with Gasteiger partial charge in [0.25, 0.3) is 0 Å². The SMILES string of the molecule is CCC(C#N)CNCC(C)(C)c1ccc(F)cc1. The van der Waals surface area contributed by atoms with Crippen LogP contribution in [0.15, 0.2) is 24.3 Å². The Morgan fingerprint density at radius 3 is 2.44 bits per heavy atom. The fraction of sp³-hybridized carbons (Fsp3) is 0.533. The zero-order valence-electron chi connectivity index (χ0n) is 11.3. The highest BCUT2D eigenvalue weighted by molar-refractivity contribution is 5.24. The predicted molar refractivity (Wildman–Crippen MR) is 71.7 cm³/mol. The first-order valence-corrected chi connectivity index (χ1v) is 6.36. The number of nitrogens with one attached hydrogen (secondary N) is 1. The average molecular weight is 248 g/mol. The van der Waals surface area contributed by atoms with Gasteiger partial charge in [0.1, 0.15) is 5.82 Å². The van der Waals surface area contributed by atoms with E-state index in [0.29, 0.717) is 6.54 Å². The van der Waals surface area contributed by atoms with Crippen molar-refractivity contribution in [1.29, 1.82) is 5.26 Å². The lowest BCUT2D eigenvalue weighted by atomic mass is 9.84. The minimum atomic E-state index is -0.210. The van der Waals surface area contributed by atoms with Crippen LogP contribution in [-0.2, 0) is 5.41 Å². The zero-order valence-corrected chi connectivity index (χ0v) is 11.3. The Hall–Kier alpha value is -1.40. The van der Waals surface area contributed by atoms with Crippen LogP contribution in [-0.4, -0.2) is 13.1 Å². The summed E-state index contributed by atoms with van der Waals surface area (Å²) in [5.74, 6) is -0.146. The highest BCUT2D eigenvalue weighted by atomic mass is 19.1. The minimum absolute atomic E-state index is 0.0639. The summed E-state index contributed by atoms with van der Waals surface area (Å²) in [6, 6.07) is 8.88. The van der Waals surface area contributed by atoms with E-state index in [9.17, 15) is 4.39 Å². The lowest BCUT2D eigenvalue weighted by Crippen LogP contribution is -2.35. The summed E-state index contributed by atoms with van der Waals surface area (Å²) in [4.78, 5) is 0. The van der Waals surface area contributed by atoms with Crippen LogP contribution in [0.2, 0.25) is 0 Å². The molecule has 0 saturated carbocycles. The molecule has 0 bridgehead atoms. The first-order valence-electron chi connectivity index (χ1n) is 6.36. The quantitative estimate of drug-likeness (QED) is 0.839. The molecule has 1 aromatic rings. The highest BCUT2D eigenvalue weighted by Gasteiger charge is 2.20. The predicted octanol–water partition coefficient (Wildman–Crippen LogP) is 3.24. The van der Waals surface area contributed by atoms with Crippen LogP contribution in [0.4, 0.5) is 4.39 Å². The summed E-state index contributed by atoms with van der Waals surface area (Å²) < 4.78 is 12.9. The molecular weight excluding hydrogens is 227 g/mol. The van der Waals surface area contributed by atoms with Gasteiger partial charge < -0.3 is 5.32 Å². The number of halogens is 1. The van der Waals surface area contributed by atoms with Gasteiger partial charge in [-0.1, -0.05) is 32.9 Å². The van der Waals surface area contributed by atoms with Gasteiger partial charge in [-0.05, 0) is 24.1 Å². The molecule has 0 aliphatic rings. The molecule has 0 heterocycles. The number of nitriles is 1. The highest BCUT2D eigenvalue weighted by Crippen LogP contribution is 2.22. The first kappa shape index (κ1) is 14.7. The third kappa shape index (κ3) is 4.12. The van der Waals surface area contributed by atoms with Gasteiger partial charge in [-0.15, -0.1) is 0 Å². The summed E-state index contributed by atoms with van der Waals surface area (Å²) in [5.41, 5.74) is 1.03. The van der Waals surface area contributed by atoms with Crippen molar-refractivity contribution in [1.82, 2.24) is 5.32 Å². The van der Waals surface area contributed by atoms with E-state index in [1.54, 1.807) is 0 Å². The Morgan fingerprint density at radius 2 is 1.94 bits per heavy atom. The second kappa shape index (κ2) is 6.51. The Morgan fingerprint density at radius 1 is 1.33 bits per heavy atom. The van der Waals surface area contributed by atoms with Crippen LogP contribution < -0.4 is 5.32 Å². The van der Waals surface area contributed by atoms with E-state index in [1.165, 1.54) is 12.1 Å². The standard InChI is InChI=1S/C15H21FN2/c1-4-12(9-17)10-18-11-15(2,3)13-5-7-14(16)8-6-13/h5-8,12,18H,4,10-11H2,1-3H3. The van der Waals surface area contributed by atoms with Gasteiger partial charge in [-0.2, -0.15) is 5.26 Å². The third-order valence-corrected chi connectivity index (χ3v) is 3.26. The third-order valence-electron chi connectivity index (χ3n) is 3.26. The van der Waals surface area contributed by atoms with Crippen molar-refractivity contribution >= 4 is 0 Å². The molecule has 0 amide bonds. The largest absolute Gasteiger partial charge is 0.315 e. The molecule has 1 N–H and O–H groups in total. The minimum Gasteiger partial charge on any atom is -0.315 e. The van der Waals surface area contributed by atoms with E-state index in [1.807, 2.05) is 19.1 Å². The molecule has 0 aromatic heterocycles. The molecule has 0 radical (unpaired) electrons. The van der Waals surface area contributed by atoms with Gasteiger partial charge >= 0.3 is 0 Å². The number of benzene rings is 1. The zero-order chi connectivity index (χ0) is 13.6. The van der Waals surface area contributed by atoms with E-state index in [4.69, 9.17) is 5.26 Å². The number of hydrogen-bond acceptors (Lipinski definition) is 2. The second-order valence-corrected chi connectivity index (χ2v) is 5.26. The number of hydrogen-bond donors (Lipinski definition) is 1. The lowest BCUT2D eigenvalue weighted by molar-refractivity contribution is 0.444. The molecule has 1 unspecified atom stereocenters. The molecule has 0 spiro atoms. The maximum absolute atomic E-state index is 12.9. The Kier molecular flexibility index (Phi) is 5.30. The van der Waals surface area contributed by atoms with Gasteiger partial charge in [0.2, 0.25) is 0 Å². The van der Waals surface area contributed by atoms with E-state index >= 15 is 0 Å². The summed E-state index contributed by atoms with van der Waals surface area (Å²) >= 11 is 0. The maximum Gasteiger partial charge on any atom is 0.123 e. The van der Waals surface area contributed by atoms with Gasteiger partial charge in [0.15, 0.2) is 0 Å². The molecule has 0 aliphatic heterocycles. The normalized spacial score (nSPS) is 13.1. The smallest absolute Gasteiger partial charge is 0.123 e. The van der Waals surface area contributed by atoms with Crippen LogP contribution >= 0.6 is 0 Å². The van der Waals surface area contributed by atoms with Crippen molar-refractivity contribution in [2.24, 2.45) is 5.92 Å². The maximum atomic E-state index is 12.9. The monoisotopic (exact) mass is 248 g/mol. The molecule has 1 rings (SSSR count). The molecule has 1 aromatic carbocycles. The Labute approximate surface area is 109 Å². The fourth-order valence-electron chi connectivity index (χ4n) is 1.84. The van der Waals surface area contributed by atoms with Crippen molar-refractivity contribution in [3.8, 4) is 6.07 Å². The van der Waals surface area contributed by atoms with E-state index in [-0.39, 0.29) is 17.2 Å². The van der Waals surface area contributed by atoms with Crippen molar-refractivity contribution in [2.45, 2.75) is 32.6 Å². The molecule has 2 nitrogen and oxygen atoms in total.